The molecule has 4 aromatic heterocycles. The highest BCUT2D eigenvalue weighted by atomic mass is 16.6. The molecule has 6 rings (SSSR count). The van der Waals surface area contributed by atoms with Gasteiger partial charge in [-0.15, -0.1) is 0 Å². The van der Waals surface area contributed by atoms with Gasteiger partial charge in [0.2, 0.25) is 11.9 Å². The number of hydrogen-bond acceptors (Lipinski definition) is 10. The van der Waals surface area contributed by atoms with Gasteiger partial charge in [0.1, 0.15) is 6.10 Å². The van der Waals surface area contributed by atoms with Crippen molar-refractivity contribution in [2.24, 2.45) is 7.05 Å². The highest BCUT2D eigenvalue weighted by molar-refractivity contribution is 6.06. The Hall–Kier alpha value is -5.24. The molecular formula is C28H29N9O5. The zero-order valence-electron chi connectivity index (χ0n) is 23.2. The molecule has 1 saturated heterocycles. The van der Waals surface area contributed by atoms with E-state index in [1.807, 2.05) is 56.3 Å². The SMILES string of the molecule is Cc1cnc(Nc2cc(C)n(C)n2)nc1-c1c[nH]c2c(NC(=O)CN3CC[C@H](Oc4oncc4C(=O)O)C3)cccc12. The number of likely N-dealkylation sites (tertiary alicyclic amines) is 1. The lowest BCUT2D eigenvalue weighted by Gasteiger charge is -2.16. The molecule has 1 aromatic carbocycles. The Bertz CT molecular complexity index is 1770. The van der Waals surface area contributed by atoms with E-state index >= 15 is 0 Å². The number of benzene rings is 1. The molecule has 0 saturated carbocycles. The minimum absolute atomic E-state index is 0.123. The van der Waals surface area contributed by atoms with Crippen molar-refractivity contribution in [3.63, 3.8) is 0 Å². The van der Waals surface area contributed by atoms with Crippen LogP contribution in [-0.2, 0) is 11.8 Å². The zero-order valence-corrected chi connectivity index (χ0v) is 23.2. The fourth-order valence-corrected chi connectivity index (χ4v) is 5.00. The number of aromatic amines is 1. The molecule has 0 radical (unpaired) electrons. The predicted molar refractivity (Wildman–Crippen MR) is 153 cm³/mol. The van der Waals surface area contributed by atoms with Gasteiger partial charge in [0.25, 0.3) is 0 Å². The largest absolute Gasteiger partial charge is 0.477 e. The number of anilines is 3. The van der Waals surface area contributed by atoms with Gasteiger partial charge in [-0.2, -0.15) is 5.10 Å². The van der Waals surface area contributed by atoms with Crippen LogP contribution in [-0.4, -0.2) is 77.5 Å². The van der Waals surface area contributed by atoms with Gasteiger partial charge in [-0.05, 0) is 31.9 Å². The summed E-state index contributed by atoms with van der Waals surface area (Å²) in [6.07, 6.45) is 5.06. The Balaban J connectivity index is 1.14. The standard InChI is InChI=1S/C28H29N9O5/c1-15-10-30-28(33-22-9-16(2)36(3)35-22)34-24(15)19-11-29-25-18(19)5-4-6-21(25)32-23(38)14-37-8-7-17(13-37)41-27-20(26(39)40)12-31-42-27/h4-6,9-12,17,29H,7-8,13-14H2,1-3H3,(H,32,38)(H,39,40)(H,30,33,34,35)/t17-/m0/s1. The van der Waals surface area contributed by atoms with Gasteiger partial charge < -0.3 is 30.0 Å². The first-order chi connectivity index (χ1) is 20.2. The fraction of sp³-hybridized carbons (Fsp3) is 0.286. The zero-order chi connectivity index (χ0) is 29.4. The number of aromatic carboxylic acids is 1. The maximum absolute atomic E-state index is 13.0. The quantitative estimate of drug-likeness (QED) is 0.204. The molecular weight excluding hydrogens is 542 g/mol. The lowest BCUT2D eigenvalue weighted by atomic mass is 10.1. The van der Waals surface area contributed by atoms with Gasteiger partial charge in [0, 0.05) is 55.2 Å². The number of ether oxygens (including phenoxy) is 1. The minimum Gasteiger partial charge on any atom is -0.477 e. The summed E-state index contributed by atoms with van der Waals surface area (Å²) < 4.78 is 12.4. The van der Waals surface area contributed by atoms with Crippen LogP contribution in [0.25, 0.3) is 22.2 Å². The fourth-order valence-electron chi connectivity index (χ4n) is 5.00. The Morgan fingerprint density at radius 3 is 2.90 bits per heavy atom. The number of carbonyl (C=O) groups excluding carboxylic acids is 1. The summed E-state index contributed by atoms with van der Waals surface area (Å²) in [6.45, 7) is 5.14. The summed E-state index contributed by atoms with van der Waals surface area (Å²) in [5.74, 6) is -0.383. The number of nitrogens with one attached hydrogen (secondary N) is 3. The van der Waals surface area contributed by atoms with E-state index in [0.29, 0.717) is 37.0 Å². The molecule has 1 atom stereocenters. The molecule has 0 aliphatic carbocycles. The van der Waals surface area contributed by atoms with Gasteiger partial charge >= 0.3 is 11.9 Å². The number of nitrogens with zero attached hydrogens (tertiary/aromatic N) is 6. The number of amides is 1. The first-order valence-corrected chi connectivity index (χ1v) is 13.3. The van der Waals surface area contributed by atoms with Crippen LogP contribution in [0.5, 0.6) is 5.95 Å². The smallest absolute Gasteiger partial charge is 0.344 e. The number of rotatable bonds is 9. The molecule has 216 valence electrons. The van der Waals surface area contributed by atoms with Crippen LogP contribution in [0.1, 0.15) is 28.0 Å². The van der Waals surface area contributed by atoms with Crippen LogP contribution in [0.4, 0.5) is 17.5 Å². The van der Waals surface area contributed by atoms with Crippen LogP contribution in [0.2, 0.25) is 0 Å². The molecule has 14 nitrogen and oxygen atoms in total. The Morgan fingerprint density at radius 2 is 2.12 bits per heavy atom. The van der Waals surface area contributed by atoms with Crippen molar-refractivity contribution in [2.45, 2.75) is 26.4 Å². The highest BCUT2D eigenvalue weighted by Crippen LogP contribution is 2.33. The van der Waals surface area contributed by atoms with E-state index in [0.717, 1.165) is 39.6 Å². The monoisotopic (exact) mass is 571 g/mol. The van der Waals surface area contributed by atoms with Crippen LogP contribution >= 0.6 is 0 Å². The molecule has 5 aromatic rings. The number of para-hydroxylation sites is 1. The van der Waals surface area contributed by atoms with E-state index in [1.54, 1.807) is 10.9 Å². The first-order valence-electron chi connectivity index (χ1n) is 13.3. The van der Waals surface area contributed by atoms with Crippen molar-refractivity contribution in [2.75, 3.05) is 30.3 Å². The third-order valence-corrected chi connectivity index (χ3v) is 7.21. The molecule has 1 fully saturated rings. The second-order valence-corrected chi connectivity index (χ2v) is 10.2. The number of carboxylic acid groups (broad SMARTS) is 1. The molecule has 4 N–H and O–H groups in total. The maximum atomic E-state index is 13.0. The lowest BCUT2D eigenvalue weighted by molar-refractivity contribution is -0.117. The second kappa shape index (κ2) is 11.0. The number of aryl methyl sites for hydroxylation is 3. The van der Waals surface area contributed by atoms with Crippen molar-refractivity contribution in [3.8, 4) is 17.2 Å². The number of H-pyrrole nitrogens is 1. The first kappa shape index (κ1) is 27.0. The summed E-state index contributed by atoms with van der Waals surface area (Å²) in [4.78, 5) is 38.7. The molecule has 0 spiro atoms. The third kappa shape index (κ3) is 5.39. The Morgan fingerprint density at radius 1 is 1.26 bits per heavy atom. The van der Waals surface area contributed by atoms with Crippen LogP contribution in [0, 0.1) is 13.8 Å². The number of fused-ring (bicyclic) bond motifs is 1. The van der Waals surface area contributed by atoms with Crippen LogP contribution in [0.15, 0.2) is 47.4 Å². The van der Waals surface area contributed by atoms with Crippen molar-refractivity contribution in [1.29, 1.82) is 0 Å². The van der Waals surface area contributed by atoms with E-state index in [9.17, 15) is 14.7 Å². The van der Waals surface area contributed by atoms with Gasteiger partial charge in [-0.3, -0.25) is 14.4 Å². The molecule has 5 heterocycles. The average molecular weight is 572 g/mol. The second-order valence-electron chi connectivity index (χ2n) is 10.2. The van der Waals surface area contributed by atoms with E-state index in [-0.39, 0.29) is 30.1 Å². The van der Waals surface area contributed by atoms with Crippen molar-refractivity contribution < 1.29 is 24.0 Å². The molecule has 1 amide bonds. The van der Waals surface area contributed by atoms with E-state index < -0.39 is 5.97 Å². The Labute approximate surface area is 239 Å². The lowest BCUT2D eigenvalue weighted by Crippen LogP contribution is -2.33. The number of aromatic nitrogens is 6. The van der Waals surface area contributed by atoms with Crippen LogP contribution in [0.3, 0.4) is 0 Å². The number of carbonyl (C=O) groups is 2. The van der Waals surface area contributed by atoms with E-state index in [2.05, 4.69) is 30.9 Å². The summed E-state index contributed by atoms with van der Waals surface area (Å²) in [7, 11) is 1.87. The number of carboxylic acids is 1. The summed E-state index contributed by atoms with van der Waals surface area (Å²) in [5.41, 5.74) is 4.86. The van der Waals surface area contributed by atoms with E-state index in [1.165, 1.54) is 0 Å². The summed E-state index contributed by atoms with van der Waals surface area (Å²) in [6, 6.07) is 7.63. The van der Waals surface area contributed by atoms with Crippen molar-refractivity contribution in [1.82, 2.24) is 34.8 Å². The van der Waals surface area contributed by atoms with Gasteiger partial charge in [-0.1, -0.05) is 17.3 Å². The minimum atomic E-state index is -1.17. The third-order valence-electron chi connectivity index (χ3n) is 7.21. The summed E-state index contributed by atoms with van der Waals surface area (Å²) in [5, 5.41) is 24.2. The van der Waals surface area contributed by atoms with E-state index in [4.69, 9.17) is 14.2 Å². The predicted octanol–water partition coefficient (Wildman–Crippen LogP) is 3.50. The molecule has 42 heavy (non-hydrogen) atoms. The van der Waals surface area contributed by atoms with Gasteiger partial charge in [0.15, 0.2) is 11.4 Å². The Kier molecular flexibility index (Phi) is 7.04. The summed E-state index contributed by atoms with van der Waals surface area (Å²) >= 11 is 0. The molecule has 0 unspecified atom stereocenters. The topological polar surface area (TPSA) is 176 Å². The van der Waals surface area contributed by atoms with Gasteiger partial charge in [0.05, 0.1) is 29.6 Å². The molecule has 1 aliphatic rings. The van der Waals surface area contributed by atoms with Crippen molar-refractivity contribution in [3.05, 3.63) is 59.7 Å². The average Bonchev–Trinajstić information content (AvgIpc) is 3.74. The van der Waals surface area contributed by atoms with Crippen LogP contribution < -0.4 is 15.4 Å². The maximum Gasteiger partial charge on any atom is 0.344 e. The molecule has 14 heteroatoms. The molecule has 1 aliphatic heterocycles. The molecule has 0 bridgehead atoms. The number of hydrogen-bond donors (Lipinski definition) is 4. The van der Waals surface area contributed by atoms with Crippen molar-refractivity contribution >= 4 is 40.2 Å². The van der Waals surface area contributed by atoms with Gasteiger partial charge in [-0.25, -0.2) is 14.8 Å². The highest BCUT2D eigenvalue weighted by Gasteiger charge is 2.29. The normalized spacial score (nSPS) is 15.3.